The zero-order valence-corrected chi connectivity index (χ0v) is 16.8. The van der Waals surface area contributed by atoms with Crippen LogP contribution in [0.5, 0.6) is 0 Å². The first-order valence-electron chi connectivity index (χ1n) is 10.2. The van der Waals surface area contributed by atoms with Gasteiger partial charge < -0.3 is 20.0 Å². The summed E-state index contributed by atoms with van der Waals surface area (Å²) in [6, 6.07) is 3.55. The lowest BCUT2D eigenvalue weighted by atomic mass is 10.0. The van der Waals surface area contributed by atoms with Gasteiger partial charge in [-0.05, 0) is 50.8 Å². The Bertz CT molecular complexity index is 857. The van der Waals surface area contributed by atoms with Crippen LogP contribution in [0.25, 0.3) is 0 Å². The molecule has 4 heterocycles. The second-order valence-corrected chi connectivity index (χ2v) is 7.79. The molecule has 3 aliphatic rings. The summed E-state index contributed by atoms with van der Waals surface area (Å²) in [7, 11) is 0. The van der Waals surface area contributed by atoms with Gasteiger partial charge in [0.25, 0.3) is 5.91 Å². The summed E-state index contributed by atoms with van der Waals surface area (Å²) in [5.74, 6) is 1.88. The van der Waals surface area contributed by atoms with Crippen LogP contribution < -0.4 is 5.73 Å². The highest BCUT2D eigenvalue weighted by molar-refractivity contribution is 5.99. The van der Waals surface area contributed by atoms with Crippen LogP contribution in [0, 0.1) is 0 Å². The minimum Gasteiger partial charge on any atom is -0.459 e. The number of hydrogen-bond acceptors (Lipinski definition) is 7. The Hall–Kier alpha value is -2.87. The number of rotatable bonds is 3. The molecule has 0 aliphatic carbocycles. The van der Waals surface area contributed by atoms with Crippen molar-refractivity contribution in [1.29, 1.82) is 0 Å². The molecular formula is C21H28N6O2. The predicted octanol–water partition coefficient (Wildman–Crippen LogP) is 2.38. The number of piperidine rings is 1. The molecular weight excluding hydrogens is 368 g/mol. The van der Waals surface area contributed by atoms with E-state index in [0.717, 1.165) is 50.2 Å². The molecule has 8 heteroatoms. The fourth-order valence-corrected chi connectivity index (χ4v) is 4.18. The van der Waals surface area contributed by atoms with E-state index in [9.17, 15) is 4.79 Å². The highest BCUT2D eigenvalue weighted by Crippen LogP contribution is 2.26. The lowest BCUT2D eigenvalue weighted by Gasteiger charge is -2.35. The summed E-state index contributed by atoms with van der Waals surface area (Å²) in [5, 5.41) is 5.79. The first-order valence-corrected chi connectivity index (χ1v) is 10.2. The summed E-state index contributed by atoms with van der Waals surface area (Å²) >= 11 is 0. The minimum absolute atomic E-state index is 0.0711. The van der Waals surface area contributed by atoms with E-state index in [2.05, 4.69) is 16.7 Å². The number of hydrogen-bond donors (Lipinski definition) is 1. The van der Waals surface area contributed by atoms with Gasteiger partial charge in [-0.3, -0.25) is 4.79 Å². The molecule has 3 aliphatic heterocycles. The number of aliphatic imine (C=N–C) groups is 1. The monoisotopic (exact) mass is 396 g/mol. The van der Waals surface area contributed by atoms with E-state index in [1.807, 2.05) is 24.1 Å². The number of carbonyl (C=O) groups is 1. The standard InChI is InChI=1S/C21H28N6O2/c1-15-13-27(23-2)19(24-20(15)25-10-8-16(22)14-25)12-17-6-3-4-9-26(17)21(28)18-7-5-11-29-18/h5,7,11-13,16-17H,2-4,6,8-10,14,22H2,1H3/b19-12-/t16-,17?/m0/s1. The lowest BCUT2D eigenvalue weighted by Crippen LogP contribution is -2.43. The summed E-state index contributed by atoms with van der Waals surface area (Å²) in [4.78, 5) is 21.9. The number of carbonyl (C=O) groups excluding carboxylic acids is 1. The Balaban J connectivity index is 1.63. The average Bonchev–Trinajstić information content (AvgIpc) is 3.41. The number of likely N-dealkylation sites (tertiary alicyclic amines) is 2. The van der Waals surface area contributed by atoms with Crippen molar-refractivity contribution < 1.29 is 9.21 Å². The molecule has 1 aromatic heterocycles. The summed E-state index contributed by atoms with van der Waals surface area (Å²) in [6.07, 6.45) is 9.37. The second kappa shape index (κ2) is 8.24. The molecule has 8 nitrogen and oxygen atoms in total. The van der Waals surface area contributed by atoms with Gasteiger partial charge in [0.1, 0.15) is 5.84 Å². The Labute approximate surface area is 171 Å². The van der Waals surface area contributed by atoms with Gasteiger partial charge >= 0.3 is 0 Å². The van der Waals surface area contributed by atoms with Crippen LogP contribution in [0.15, 0.2) is 56.6 Å². The first kappa shape index (κ1) is 19.4. The van der Waals surface area contributed by atoms with Gasteiger partial charge in [-0.1, -0.05) is 0 Å². The van der Waals surface area contributed by atoms with Gasteiger partial charge in [0, 0.05) is 44.2 Å². The van der Waals surface area contributed by atoms with Crippen LogP contribution in [0.2, 0.25) is 0 Å². The predicted molar refractivity (Wildman–Crippen MR) is 112 cm³/mol. The molecule has 2 saturated heterocycles. The third kappa shape index (κ3) is 3.98. The smallest absolute Gasteiger partial charge is 0.290 e. The molecule has 0 aromatic carbocycles. The first-order chi connectivity index (χ1) is 14.1. The van der Waals surface area contributed by atoms with Crippen molar-refractivity contribution in [3.63, 3.8) is 0 Å². The van der Waals surface area contributed by atoms with Crippen molar-refractivity contribution in [1.82, 2.24) is 14.8 Å². The van der Waals surface area contributed by atoms with Crippen molar-refractivity contribution in [2.45, 2.75) is 44.7 Å². The fraction of sp³-hybridized carbons (Fsp3) is 0.476. The number of hydrazone groups is 1. The highest BCUT2D eigenvalue weighted by Gasteiger charge is 2.30. The normalized spacial score (nSPS) is 26.6. The molecule has 2 atom stereocenters. The van der Waals surface area contributed by atoms with Gasteiger partial charge in [-0.2, -0.15) is 5.10 Å². The second-order valence-electron chi connectivity index (χ2n) is 7.79. The maximum Gasteiger partial charge on any atom is 0.290 e. The number of nitrogens with zero attached hydrogens (tertiary/aromatic N) is 5. The third-order valence-corrected chi connectivity index (χ3v) is 5.68. The summed E-state index contributed by atoms with van der Waals surface area (Å²) in [6.45, 7) is 8.09. The molecule has 1 amide bonds. The van der Waals surface area contributed by atoms with Crippen LogP contribution in [0.3, 0.4) is 0 Å². The molecule has 2 N–H and O–H groups in total. The number of nitrogens with two attached hydrogens (primary N) is 1. The van der Waals surface area contributed by atoms with Crippen molar-refractivity contribution >= 4 is 18.5 Å². The van der Waals surface area contributed by atoms with E-state index in [-0.39, 0.29) is 18.0 Å². The number of amides is 1. The van der Waals surface area contributed by atoms with Gasteiger partial charge in [-0.15, -0.1) is 0 Å². The Kier molecular flexibility index (Phi) is 5.53. The Morgan fingerprint density at radius 1 is 1.38 bits per heavy atom. The maximum atomic E-state index is 12.9. The summed E-state index contributed by atoms with van der Waals surface area (Å²) in [5.41, 5.74) is 7.11. The van der Waals surface area contributed by atoms with E-state index in [0.29, 0.717) is 18.1 Å². The number of amidine groups is 1. The topological polar surface area (TPSA) is 90.7 Å². The molecule has 0 spiro atoms. The Morgan fingerprint density at radius 2 is 2.24 bits per heavy atom. The molecule has 0 radical (unpaired) electrons. The zero-order valence-electron chi connectivity index (χ0n) is 16.8. The van der Waals surface area contributed by atoms with Gasteiger partial charge in [0.05, 0.1) is 12.3 Å². The zero-order chi connectivity index (χ0) is 20.4. The Morgan fingerprint density at radius 3 is 2.93 bits per heavy atom. The fourth-order valence-electron chi connectivity index (χ4n) is 4.18. The molecule has 1 unspecified atom stereocenters. The molecule has 4 rings (SSSR count). The minimum atomic E-state index is -0.0908. The van der Waals surface area contributed by atoms with Crippen LogP contribution in [-0.4, -0.2) is 65.0 Å². The van der Waals surface area contributed by atoms with E-state index in [1.54, 1.807) is 17.1 Å². The van der Waals surface area contributed by atoms with Gasteiger partial charge in [-0.25, -0.2) is 10.0 Å². The molecule has 0 bridgehead atoms. The van der Waals surface area contributed by atoms with Crippen molar-refractivity contribution in [2.75, 3.05) is 19.6 Å². The van der Waals surface area contributed by atoms with Crippen LogP contribution in [-0.2, 0) is 0 Å². The third-order valence-electron chi connectivity index (χ3n) is 5.68. The van der Waals surface area contributed by atoms with E-state index in [4.69, 9.17) is 15.1 Å². The molecule has 29 heavy (non-hydrogen) atoms. The average molecular weight is 396 g/mol. The molecule has 154 valence electrons. The number of furan rings is 1. The molecule has 1 aromatic rings. The largest absolute Gasteiger partial charge is 0.459 e. The quantitative estimate of drug-likeness (QED) is 0.792. The molecule has 2 fully saturated rings. The van der Waals surface area contributed by atoms with Crippen LogP contribution in [0.4, 0.5) is 0 Å². The van der Waals surface area contributed by atoms with Crippen LogP contribution >= 0.6 is 0 Å². The maximum absolute atomic E-state index is 12.9. The highest BCUT2D eigenvalue weighted by atomic mass is 16.3. The van der Waals surface area contributed by atoms with E-state index in [1.165, 1.54) is 6.26 Å². The van der Waals surface area contributed by atoms with Crippen LogP contribution in [0.1, 0.15) is 43.2 Å². The van der Waals surface area contributed by atoms with Crippen molar-refractivity contribution in [2.24, 2.45) is 15.8 Å². The molecule has 0 saturated carbocycles. The van der Waals surface area contributed by atoms with Gasteiger partial charge in [0.15, 0.2) is 11.6 Å². The van der Waals surface area contributed by atoms with Crippen molar-refractivity contribution in [3.05, 3.63) is 47.8 Å². The van der Waals surface area contributed by atoms with Gasteiger partial charge in [0.2, 0.25) is 0 Å². The summed E-state index contributed by atoms with van der Waals surface area (Å²) < 4.78 is 5.33. The SMILES string of the molecule is C=NN1C=C(C)C(N2CC[C@H](N)C2)=N/C1=C/C1CCCCN1C(=O)c1ccco1. The van der Waals surface area contributed by atoms with E-state index < -0.39 is 0 Å². The van der Waals surface area contributed by atoms with Crippen molar-refractivity contribution in [3.8, 4) is 0 Å². The van der Waals surface area contributed by atoms with E-state index >= 15 is 0 Å². The lowest BCUT2D eigenvalue weighted by molar-refractivity contribution is 0.0629.